The van der Waals surface area contributed by atoms with E-state index in [4.69, 9.17) is 0 Å². The number of carbonyl (C=O) groups excluding carboxylic acids is 1. The molecule has 1 amide bonds. The standard InChI is InChI=1S/C30H25FN6O/c1-3-5-29(38)34-21-11-19(14-32-15-21)26-13-24-28(16-33-26)36-37-30(24)27-12-23-22(6-4-7-25(23)35-27)18-8-17(2)9-20(31)10-18/h4,6-16,35H,3,5H2,1-2H3,(H,34,38)(H,36,37). The van der Waals surface area contributed by atoms with Gasteiger partial charge in [0.25, 0.3) is 0 Å². The third kappa shape index (κ3) is 4.41. The fourth-order valence-corrected chi connectivity index (χ4v) is 4.81. The lowest BCUT2D eigenvalue weighted by molar-refractivity contribution is -0.116. The Kier molecular flexibility index (Phi) is 5.92. The number of aromatic nitrogens is 5. The molecule has 38 heavy (non-hydrogen) atoms. The zero-order chi connectivity index (χ0) is 26.2. The van der Waals surface area contributed by atoms with Crippen molar-refractivity contribution < 1.29 is 9.18 Å². The summed E-state index contributed by atoms with van der Waals surface area (Å²) in [5.41, 5.74) is 8.09. The molecule has 0 radical (unpaired) electrons. The van der Waals surface area contributed by atoms with Crippen LogP contribution >= 0.6 is 0 Å². The van der Waals surface area contributed by atoms with Crippen molar-refractivity contribution in [2.75, 3.05) is 5.32 Å². The highest BCUT2D eigenvalue weighted by Crippen LogP contribution is 2.35. The van der Waals surface area contributed by atoms with Gasteiger partial charge in [0.2, 0.25) is 5.91 Å². The predicted octanol–water partition coefficient (Wildman–Crippen LogP) is 7.02. The minimum absolute atomic E-state index is 0.0430. The molecule has 0 bridgehead atoms. The smallest absolute Gasteiger partial charge is 0.224 e. The highest BCUT2D eigenvalue weighted by molar-refractivity contribution is 6.01. The minimum Gasteiger partial charge on any atom is -0.353 e. The summed E-state index contributed by atoms with van der Waals surface area (Å²) in [5.74, 6) is -0.298. The van der Waals surface area contributed by atoms with Crippen molar-refractivity contribution in [1.29, 1.82) is 0 Å². The number of nitrogens with one attached hydrogen (secondary N) is 3. The van der Waals surface area contributed by atoms with E-state index in [0.29, 0.717) is 17.8 Å². The van der Waals surface area contributed by atoms with Crippen LogP contribution in [0.15, 0.2) is 73.2 Å². The highest BCUT2D eigenvalue weighted by Gasteiger charge is 2.15. The number of fused-ring (bicyclic) bond motifs is 2. The van der Waals surface area contributed by atoms with Crippen molar-refractivity contribution in [2.45, 2.75) is 26.7 Å². The van der Waals surface area contributed by atoms with Crippen LogP contribution in [0, 0.1) is 12.7 Å². The van der Waals surface area contributed by atoms with E-state index in [9.17, 15) is 9.18 Å². The monoisotopic (exact) mass is 504 g/mol. The summed E-state index contributed by atoms with van der Waals surface area (Å²) in [6, 6.07) is 16.9. The molecule has 2 aromatic carbocycles. The highest BCUT2D eigenvalue weighted by atomic mass is 19.1. The van der Waals surface area contributed by atoms with Gasteiger partial charge in [-0.2, -0.15) is 5.10 Å². The van der Waals surface area contributed by atoms with Gasteiger partial charge in [0, 0.05) is 34.5 Å². The Morgan fingerprint density at radius 1 is 0.974 bits per heavy atom. The molecule has 4 heterocycles. The first-order valence-corrected chi connectivity index (χ1v) is 12.5. The summed E-state index contributed by atoms with van der Waals surface area (Å²) in [6.45, 7) is 3.85. The van der Waals surface area contributed by atoms with E-state index in [0.717, 1.165) is 61.9 Å². The molecule has 0 aliphatic heterocycles. The number of aromatic amines is 2. The van der Waals surface area contributed by atoms with Crippen LogP contribution < -0.4 is 5.32 Å². The average Bonchev–Trinajstić information content (AvgIpc) is 3.52. The number of aryl methyl sites for hydroxylation is 1. The van der Waals surface area contributed by atoms with Crippen LogP contribution in [-0.2, 0) is 4.79 Å². The van der Waals surface area contributed by atoms with Crippen LogP contribution in [0.2, 0.25) is 0 Å². The maximum absolute atomic E-state index is 14.2. The van der Waals surface area contributed by atoms with E-state index < -0.39 is 0 Å². The van der Waals surface area contributed by atoms with Crippen LogP contribution in [0.3, 0.4) is 0 Å². The van der Waals surface area contributed by atoms with Gasteiger partial charge in [-0.1, -0.05) is 25.1 Å². The molecule has 0 atom stereocenters. The molecule has 8 heteroatoms. The largest absolute Gasteiger partial charge is 0.353 e. The summed E-state index contributed by atoms with van der Waals surface area (Å²) in [5, 5.41) is 12.4. The number of pyridine rings is 2. The number of anilines is 1. The molecule has 6 rings (SSSR count). The molecule has 0 saturated heterocycles. The van der Waals surface area contributed by atoms with E-state index in [1.807, 2.05) is 56.3 Å². The van der Waals surface area contributed by atoms with Crippen LogP contribution in [0.1, 0.15) is 25.3 Å². The van der Waals surface area contributed by atoms with Crippen molar-refractivity contribution in [2.24, 2.45) is 0 Å². The molecule has 3 N–H and O–H groups in total. The normalized spacial score (nSPS) is 11.3. The average molecular weight is 505 g/mol. The molecule has 0 unspecified atom stereocenters. The molecule has 0 fully saturated rings. The first-order valence-electron chi connectivity index (χ1n) is 12.5. The molecule has 4 aromatic heterocycles. The van der Waals surface area contributed by atoms with Gasteiger partial charge in [-0.05, 0) is 66.4 Å². The Balaban J connectivity index is 1.41. The number of hydrogen-bond donors (Lipinski definition) is 3. The van der Waals surface area contributed by atoms with Crippen molar-refractivity contribution in [3.63, 3.8) is 0 Å². The first kappa shape index (κ1) is 23.5. The second-order valence-corrected chi connectivity index (χ2v) is 9.41. The van der Waals surface area contributed by atoms with E-state index in [1.54, 1.807) is 24.7 Å². The molecular weight excluding hydrogens is 479 g/mol. The number of rotatable bonds is 6. The van der Waals surface area contributed by atoms with E-state index >= 15 is 0 Å². The Bertz CT molecular complexity index is 1800. The van der Waals surface area contributed by atoms with E-state index in [-0.39, 0.29) is 11.7 Å². The fourth-order valence-electron chi connectivity index (χ4n) is 4.81. The number of halogens is 1. The summed E-state index contributed by atoms with van der Waals surface area (Å²) >= 11 is 0. The lowest BCUT2D eigenvalue weighted by Gasteiger charge is -2.06. The second-order valence-electron chi connectivity index (χ2n) is 9.41. The Morgan fingerprint density at radius 3 is 2.71 bits per heavy atom. The van der Waals surface area contributed by atoms with Crippen LogP contribution in [0.4, 0.5) is 10.1 Å². The maximum atomic E-state index is 14.2. The molecule has 0 saturated carbocycles. The molecule has 0 aliphatic rings. The topological polar surface area (TPSA) is 99.4 Å². The van der Waals surface area contributed by atoms with Crippen LogP contribution in [-0.4, -0.2) is 31.1 Å². The summed E-state index contributed by atoms with van der Waals surface area (Å²) < 4.78 is 14.2. The molecule has 0 spiro atoms. The number of hydrogen-bond acceptors (Lipinski definition) is 4. The lowest BCUT2D eigenvalue weighted by atomic mass is 9.99. The SMILES string of the molecule is CCCC(=O)Nc1cncc(-c2cc3c(-c4cc5c(-c6cc(C)cc(F)c6)cccc5[nH]4)n[nH]c3cn2)c1. The molecule has 188 valence electrons. The molecule has 6 aromatic rings. The summed E-state index contributed by atoms with van der Waals surface area (Å²) in [6.07, 6.45) is 6.32. The number of amides is 1. The van der Waals surface area contributed by atoms with E-state index in [2.05, 4.69) is 30.5 Å². The van der Waals surface area contributed by atoms with Gasteiger partial charge in [-0.15, -0.1) is 0 Å². The number of nitrogens with zero attached hydrogens (tertiary/aromatic N) is 3. The van der Waals surface area contributed by atoms with Gasteiger partial charge in [-0.25, -0.2) is 4.39 Å². The molecular formula is C30H25FN6O. The van der Waals surface area contributed by atoms with Gasteiger partial charge in [0.15, 0.2) is 0 Å². The van der Waals surface area contributed by atoms with Gasteiger partial charge in [-0.3, -0.25) is 19.9 Å². The molecule has 7 nitrogen and oxygen atoms in total. The predicted molar refractivity (Wildman–Crippen MR) is 148 cm³/mol. The number of benzene rings is 2. The van der Waals surface area contributed by atoms with Gasteiger partial charge in [0.1, 0.15) is 11.5 Å². The Labute approximate surface area is 218 Å². The van der Waals surface area contributed by atoms with Crippen LogP contribution in [0.5, 0.6) is 0 Å². The van der Waals surface area contributed by atoms with Crippen molar-refractivity contribution >= 4 is 33.4 Å². The second kappa shape index (κ2) is 9.55. The Morgan fingerprint density at radius 2 is 1.87 bits per heavy atom. The van der Waals surface area contributed by atoms with Gasteiger partial charge >= 0.3 is 0 Å². The molecule has 0 aliphatic carbocycles. The fraction of sp³-hybridized carbons (Fsp3) is 0.133. The van der Waals surface area contributed by atoms with Gasteiger partial charge in [0.05, 0.1) is 35.0 Å². The maximum Gasteiger partial charge on any atom is 0.224 e. The van der Waals surface area contributed by atoms with Crippen LogP contribution in [0.25, 0.3) is 55.6 Å². The number of H-pyrrole nitrogens is 2. The third-order valence-corrected chi connectivity index (χ3v) is 6.51. The lowest BCUT2D eigenvalue weighted by Crippen LogP contribution is -2.10. The van der Waals surface area contributed by atoms with Crippen molar-refractivity contribution in [3.05, 3.63) is 84.6 Å². The Hall–Kier alpha value is -4.85. The zero-order valence-corrected chi connectivity index (χ0v) is 21.0. The zero-order valence-electron chi connectivity index (χ0n) is 21.0. The van der Waals surface area contributed by atoms with Crippen molar-refractivity contribution in [1.82, 2.24) is 25.1 Å². The summed E-state index contributed by atoms with van der Waals surface area (Å²) in [7, 11) is 0. The summed E-state index contributed by atoms with van der Waals surface area (Å²) in [4.78, 5) is 24.4. The van der Waals surface area contributed by atoms with Crippen molar-refractivity contribution in [3.8, 4) is 33.8 Å². The van der Waals surface area contributed by atoms with Gasteiger partial charge < -0.3 is 10.3 Å². The van der Waals surface area contributed by atoms with E-state index in [1.165, 1.54) is 6.07 Å². The minimum atomic E-state index is -0.255. The quantitative estimate of drug-likeness (QED) is 0.227. The third-order valence-electron chi connectivity index (χ3n) is 6.51. The first-order chi connectivity index (χ1) is 18.5. The number of carbonyl (C=O) groups is 1.